The first-order valence-electron chi connectivity index (χ1n) is 5.85. The van der Waals surface area contributed by atoms with E-state index in [1.807, 2.05) is 25.1 Å². The van der Waals surface area contributed by atoms with Crippen molar-refractivity contribution in [2.24, 2.45) is 4.99 Å². The Kier molecular flexibility index (Phi) is 6.96. The lowest BCUT2D eigenvalue weighted by Crippen LogP contribution is -1.89. The third-order valence-corrected chi connectivity index (χ3v) is 2.85. The van der Waals surface area contributed by atoms with E-state index in [0.717, 1.165) is 5.56 Å². The van der Waals surface area contributed by atoms with Gasteiger partial charge in [-0.1, -0.05) is 35.9 Å². The van der Waals surface area contributed by atoms with Gasteiger partial charge in [-0.2, -0.15) is 4.99 Å². The van der Waals surface area contributed by atoms with Gasteiger partial charge in [-0.25, -0.2) is 4.79 Å². The number of isocyanates is 1. The van der Waals surface area contributed by atoms with Crippen LogP contribution in [-0.2, 0) is 16.6 Å². The summed E-state index contributed by atoms with van der Waals surface area (Å²) in [6, 6.07) is 15.9. The molecule has 5 nitrogen and oxygen atoms in total. The van der Waals surface area contributed by atoms with Crippen molar-refractivity contribution in [2.45, 2.75) is 6.92 Å². The minimum absolute atomic E-state index is 0.383. The molecule has 21 heavy (non-hydrogen) atoms. The van der Waals surface area contributed by atoms with Gasteiger partial charge in [0.2, 0.25) is 6.08 Å². The fraction of sp³-hybridized carbons (Fsp3) is 0.0714. The van der Waals surface area contributed by atoms with E-state index in [-0.39, 0.29) is 0 Å². The Morgan fingerprint density at radius 1 is 1.10 bits per heavy atom. The highest BCUT2D eigenvalue weighted by Crippen LogP contribution is 2.37. The molecule has 0 atom stereocenters. The van der Waals surface area contributed by atoms with Crippen LogP contribution in [0.1, 0.15) is 5.56 Å². The lowest BCUT2D eigenvalue weighted by molar-refractivity contribution is 0.370. The summed E-state index contributed by atoms with van der Waals surface area (Å²) in [4.78, 5) is 30.7. The Bertz CT molecular complexity index is 648. The van der Waals surface area contributed by atoms with E-state index in [1.165, 1.54) is 6.08 Å². The SMILES string of the molecule is Cc1ccc(OP(O)(O)=S)cc1.O=C=Nc1ccccc1. The molecule has 0 aliphatic carbocycles. The van der Waals surface area contributed by atoms with Crippen molar-refractivity contribution in [2.75, 3.05) is 0 Å². The van der Waals surface area contributed by atoms with E-state index < -0.39 is 6.72 Å². The van der Waals surface area contributed by atoms with Gasteiger partial charge in [0, 0.05) is 11.8 Å². The fourth-order valence-corrected chi connectivity index (χ4v) is 1.95. The van der Waals surface area contributed by atoms with Crippen LogP contribution in [0.15, 0.2) is 59.6 Å². The van der Waals surface area contributed by atoms with E-state index in [2.05, 4.69) is 16.8 Å². The molecule has 0 unspecified atom stereocenters. The molecule has 0 saturated carbocycles. The molecule has 110 valence electrons. The van der Waals surface area contributed by atoms with Crippen molar-refractivity contribution in [3.05, 3.63) is 60.2 Å². The van der Waals surface area contributed by atoms with Crippen molar-refractivity contribution in [3.8, 4) is 5.75 Å². The minimum Gasteiger partial charge on any atom is -0.424 e. The summed E-state index contributed by atoms with van der Waals surface area (Å²) in [6.07, 6.45) is 1.46. The van der Waals surface area contributed by atoms with Crippen LogP contribution in [-0.4, -0.2) is 15.9 Å². The van der Waals surface area contributed by atoms with Crippen molar-refractivity contribution in [3.63, 3.8) is 0 Å². The smallest absolute Gasteiger partial charge is 0.375 e. The first-order chi connectivity index (χ1) is 9.90. The molecule has 0 amide bonds. The van der Waals surface area contributed by atoms with Gasteiger partial charge in [0.25, 0.3) is 0 Å². The summed E-state index contributed by atoms with van der Waals surface area (Å²) >= 11 is 4.30. The lowest BCUT2D eigenvalue weighted by atomic mass is 10.2. The number of aryl methyl sites for hydroxylation is 1. The Morgan fingerprint density at radius 2 is 1.67 bits per heavy atom. The zero-order chi connectivity index (χ0) is 15.7. The highest BCUT2D eigenvalue weighted by molar-refractivity contribution is 8.06. The molecule has 0 spiro atoms. The van der Waals surface area contributed by atoms with E-state index in [1.54, 1.807) is 36.4 Å². The summed E-state index contributed by atoms with van der Waals surface area (Å²) in [7, 11) is 0. The number of carbonyl (C=O) groups excluding carboxylic acids is 1. The van der Waals surface area contributed by atoms with Crippen LogP contribution in [0, 0.1) is 6.92 Å². The highest BCUT2D eigenvalue weighted by atomic mass is 32.5. The molecule has 0 aliphatic rings. The van der Waals surface area contributed by atoms with Gasteiger partial charge in [0.05, 0.1) is 5.69 Å². The van der Waals surface area contributed by atoms with Crippen LogP contribution in [0.5, 0.6) is 5.75 Å². The third kappa shape index (κ3) is 8.15. The van der Waals surface area contributed by atoms with Crippen LogP contribution in [0.25, 0.3) is 0 Å². The first kappa shape index (κ1) is 17.2. The van der Waals surface area contributed by atoms with Gasteiger partial charge in [-0.05, 0) is 31.2 Å². The molecule has 0 bridgehead atoms. The van der Waals surface area contributed by atoms with Crippen molar-refractivity contribution >= 4 is 30.3 Å². The van der Waals surface area contributed by atoms with Crippen LogP contribution >= 0.6 is 6.72 Å². The summed E-state index contributed by atoms with van der Waals surface area (Å²) in [5.41, 5.74) is 1.72. The molecule has 0 radical (unpaired) electrons. The van der Waals surface area contributed by atoms with Gasteiger partial charge in [-0.3, -0.25) is 0 Å². The number of aliphatic imine (C=N–C) groups is 1. The van der Waals surface area contributed by atoms with Gasteiger partial charge in [0.1, 0.15) is 5.75 Å². The molecule has 2 aromatic rings. The van der Waals surface area contributed by atoms with E-state index in [4.69, 9.17) is 14.3 Å². The highest BCUT2D eigenvalue weighted by Gasteiger charge is 2.08. The van der Waals surface area contributed by atoms with Crippen LogP contribution < -0.4 is 4.52 Å². The van der Waals surface area contributed by atoms with Crippen LogP contribution in [0.2, 0.25) is 0 Å². The normalized spacial score (nSPS) is 9.86. The maximum atomic E-state index is 9.68. The van der Waals surface area contributed by atoms with E-state index in [9.17, 15) is 4.79 Å². The quantitative estimate of drug-likeness (QED) is 0.515. The van der Waals surface area contributed by atoms with Crippen molar-refractivity contribution in [1.82, 2.24) is 0 Å². The maximum absolute atomic E-state index is 9.68. The summed E-state index contributed by atoms with van der Waals surface area (Å²) in [5, 5.41) is 0. The maximum Gasteiger partial charge on any atom is 0.375 e. The van der Waals surface area contributed by atoms with Gasteiger partial charge < -0.3 is 14.3 Å². The number of para-hydroxylation sites is 1. The second-order valence-electron chi connectivity index (χ2n) is 3.93. The van der Waals surface area contributed by atoms with Gasteiger partial charge >= 0.3 is 6.72 Å². The molecule has 7 heteroatoms. The molecule has 2 N–H and O–H groups in total. The summed E-state index contributed by atoms with van der Waals surface area (Å²) < 4.78 is 4.69. The molecule has 2 rings (SSSR count). The number of nitrogens with zero attached hydrogens (tertiary/aromatic N) is 1. The predicted molar refractivity (Wildman–Crippen MR) is 84.8 cm³/mol. The van der Waals surface area contributed by atoms with Crippen molar-refractivity contribution < 1.29 is 19.1 Å². The van der Waals surface area contributed by atoms with Gasteiger partial charge in [-0.15, -0.1) is 0 Å². The van der Waals surface area contributed by atoms with Crippen LogP contribution in [0.3, 0.4) is 0 Å². The molecule has 0 fully saturated rings. The second-order valence-corrected chi connectivity index (χ2v) is 6.52. The van der Waals surface area contributed by atoms with Gasteiger partial charge in [0.15, 0.2) is 0 Å². The predicted octanol–water partition coefficient (Wildman–Crippen LogP) is 3.24. The Hall–Kier alpha value is -1.81. The Balaban J connectivity index is 0.000000219. The largest absolute Gasteiger partial charge is 0.424 e. The molecule has 0 saturated heterocycles. The standard InChI is InChI=1S/C7H5NO.C7H9O3PS/c9-6-8-7-4-2-1-3-5-7;1-6-2-4-7(5-3-6)10-11(8,9)12/h1-5H;2-5H,1H3,(H2,8,9,12). The van der Waals surface area contributed by atoms with E-state index >= 15 is 0 Å². The Morgan fingerprint density at radius 3 is 2.14 bits per heavy atom. The zero-order valence-corrected chi connectivity index (χ0v) is 12.9. The van der Waals surface area contributed by atoms with Crippen molar-refractivity contribution in [1.29, 1.82) is 0 Å². The number of hydrogen-bond donors (Lipinski definition) is 2. The zero-order valence-electron chi connectivity index (χ0n) is 11.2. The molecule has 2 aromatic carbocycles. The monoisotopic (exact) mass is 323 g/mol. The second kappa shape index (κ2) is 8.47. The topological polar surface area (TPSA) is 79.1 Å². The molecule has 0 aliphatic heterocycles. The molecular formula is C14H14NO4PS. The third-order valence-electron chi connectivity index (χ3n) is 2.18. The molecular weight excluding hydrogens is 309 g/mol. The minimum atomic E-state index is -3.57. The number of hydrogen-bond acceptors (Lipinski definition) is 4. The fourth-order valence-electron chi connectivity index (χ4n) is 1.29. The Labute approximate surface area is 127 Å². The van der Waals surface area contributed by atoms with Crippen LogP contribution in [0.4, 0.5) is 5.69 Å². The average Bonchev–Trinajstić information content (AvgIpc) is 2.42. The number of rotatable bonds is 3. The van der Waals surface area contributed by atoms with E-state index in [0.29, 0.717) is 11.4 Å². The molecule has 0 aromatic heterocycles. The number of benzene rings is 2. The lowest BCUT2D eigenvalue weighted by Gasteiger charge is -2.09. The molecule has 0 heterocycles. The average molecular weight is 323 g/mol. The summed E-state index contributed by atoms with van der Waals surface area (Å²) in [6.45, 7) is -1.64. The summed E-state index contributed by atoms with van der Waals surface area (Å²) in [5.74, 6) is 0.383. The first-order valence-corrected chi connectivity index (χ1v) is 8.48.